The first kappa shape index (κ1) is 22.4. The van der Waals surface area contributed by atoms with E-state index in [0.717, 1.165) is 43.0 Å². The highest BCUT2D eigenvalue weighted by Gasteiger charge is 2.28. The summed E-state index contributed by atoms with van der Waals surface area (Å²) in [6, 6.07) is 5.09. The molecule has 1 aliphatic rings. The summed E-state index contributed by atoms with van der Waals surface area (Å²) >= 11 is 0. The van der Waals surface area contributed by atoms with Gasteiger partial charge in [0.1, 0.15) is 5.82 Å². The Morgan fingerprint density at radius 3 is 2.72 bits per heavy atom. The number of likely N-dealkylation sites (tertiary alicyclic amines) is 1. The standard InChI is InChI=1S/C24H29F2N5O/c1-5-30-7-6-21(23(14-30)32-4)29-18-10-19(24(26)27-12-18)17-11-28-31(13-17)22-9-15(2)20(25)8-16(22)3/h8-13,21,23,29H,5-7,14H2,1-4H3. The maximum Gasteiger partial charge on any atom is 0.220 e. The third-order valence-corrected chi connectivity index (χ3v) is 6.20. The fourth-order valence-electron chi connectivity index (χ4n) is 4.22. The summed E-state index contributed by atoms with van der Waals surface area (Å²) in [7, 11) is 1.72. The molecule has 2 atom stereocenters. The Bertz CT molecular complexity index is 1100. The molecule has 0 saturated carbocycles. The van der Waals surface area contributed by atoms with Gasteiger partial charge in [0.05, 0.1) is 35.9 Å². The van der Waals surface area contributed by atoms with Crippen LogP contribution in [0.15, 0.2) is 36.8 Å². The van der Waals surface area contributed by atoms with E-state index in [1.54, 1.807) is 43.2 Å². The van der Waals surface area contributed by atoms with E-state index in [-0.39, 0.29) is 18.0 Å². The minimum absolute atomic E-state index is 0.0460. The first-order chi connectivity index (χ1) is 15.4. The molecule has 0 bridgehead atoms. The fraction of sp³-hybridized carbons (Fsp3) is 0.417. The lowest BCUT2D eigenvalue weighted by molar-refractivity contribution is 0.0241. The molecule has 3 aromatic rings. The monoisotopic (exact) mass is 441 g/mol. The van der Waals surface area contributed by atoms with Crippen molar-refractivity contribution in [2.24, 2.45) is 0 Å². The molecule has 1 aliphatic heterocycles. The Morgan fingerprint density at radius 1 is 1.16 bits per heavy atom. The SMILES string of the molecule is CCN1CCC(Nc2cnc(F)c(-c3cnn(-c4cc(C)c(F)cc4C)c3)c2)C(OC)C1. The second kappa shape index (κ2) is 9.34. The molecule has 0 aliphatic carbocycles. The molecule has 0 spiro atoms. The molecule has 3 heterocycles. The highest BCUT2D eigenvalue weighted by Crippen LogP contribution is 2.28. The Kier molecular flexibility index (Phi) is 6.53. The molecule has 6 nitrogen and oxygen atoms in total. The number of likely N-dealkylation sites (N-methyl/N-ethyl adjacent to an activating group) is 1. The number of ether oxygens (including phenoxy) is 1. The number of hydrogen-bond donors (Lipinski definition) is 1. The molecular weight excluding hydrogens is 412 g/mol. The number of rotatable bonds is 6. The molecule has 1 fully saturated rings. The van der Waals surface area contributed by atoms with E-state index >= 15 is 0 Å². The zero-order chi connectivity index (χ0) is 22.8. The van der Waals surface area contributed by atoms with Crippen LogP contribution in [-0.4, -0.2) is 58.6 Å². The van der Waals surface area contributed by atoms with Gasteiger partial charge in [0, 0.05) is 37.5 Å². The van der Waals surface area contributed by atoms with Crippen molar-refractivity contribution in [2.75, 3.05) is 32.1 Å². The predicted molar refractivity (Wildman–Crippen MR) is 121 cm³/mol. The van der Waals surface area contributed by atoms with Gasteiger partial charge in [0.15, 0.2) is 0 Å². The van der Waals surface area contributed by atoms with Crippen LogP contribution in [0.25, 0.3) is 16.8 Å². The zero-order valence-corrected chi connectivity index (χ0v) is 18.9. The van der Waals surface area contributed by atoms with Crippen LogP contribution in [0, 0.1) is 25.6 Å². The third kappa shape index (κ3) is 4.52. The molecule has 1 aromatic carbocycles. The average molecular weight is 442 g/mol. The van der Waals surface area contributed by atoms with Crippen LogP contribution < -0.4 is 5.32 Å². The molecule has 2 aromatic heterocycles. The lowest BCUT2D eigenvalue weighted by Gasteiger charge is -2.38. The first-order valence-electron chi connectivity index (χ1n) is 10.9. The molecule has 32 heavy (non-hydrogen) atoms. The number of aryl methyl sites for hydroxylation is 2. The fourth-order valence-corrected chi connectivity index (χ4v) is 4.22. The Hall–Kier alpha value is -2.84. The van der Waals surface area contributed by atoms with E-state index < -0.39 is 5.95 Å². The van der Waals surface area contributed by atoms with Crippen LogP contribution in [0.4, 0.5) is 14.5 Å². The van der Waals surface area contributed by atoms with Gasteiger partial charge in [-0.05, 0) is 56.1 Å². The summed E-state index contributed by atoms with van der Waals surface area (Å²) in [4.78, 5) is 6.32. The van der Waals surface area contributed by atoms with Gasteiger partial charge in [-0.2, -0.15) is 9.49 Å². The first-order valence-corrected chi connectivity index (χ1v) is 10.9. The van der Waals surface area contributed by atoms with Crippen molar-refractivity contribution >= 4 is 5.69 Å². The van der Waals surface area contributed by atoms with Gasteiger partial charge >= 0.3 is 0 Å². The summed E-state index contributed by atoms with van der Waals surface area (Å²) in [5.74, 6) is -0.821. The molecule has 1 saturated heterocycles. The molecule has 170 valence electrons. The number of methoxy groups -OCH3 is 1. The van der Waals surface area contributed by atoms with Crippen molar-refractivity contribution in [3.05, 3.63) is 59.7 Å². The number of nitrogens with zero attached hydrogens (tertiary/aromatic N) is 4. The van der Waals surface area contributed by atoms with Crippen molar-refractivity contribution < 1.29 is 13.5 Å². The summed E-state index contributed by atoms with van der Waals surface area (Å²) < 4.78 is 35.8. The van der Waals surface area contributed by atoms with E-state index in [1.807, 2.05) is 6.92 Å². The maximum absolute atomic E-state index is 14.6. The number of nitrogens with one attached hydrogen (secondary N) is 1. The molecule has 0 radical (unpaired) electrons. The molecule has 4 rings (SSSR count). The van der Waals surface area contributed by atoms with Gasteiger partial charge in [-0.1, -0.05) is 6.92 Å². The number of halogens is 2. The highest BCUT2D eigenvalue weighted by atomic mass is 19.1. The molecule has 2 unspecified atom stereocenters. The second-order valence-electron chi connectivity index (χ2n) is 8.33. The maximum atomic E-state index is 14.6. The van der Waals surface area contributed by atoms with Crippen molar-refractivity contribution in [3.8, 4) is 16.8 Å². The number of benzene rings is 1. The van der Waals surface area contributed by atoms with Crippen LogP contribution >= 0.6 is 0 Å². The van der Waals surface area contributed by atoms with Gasteiger partial charge in [-0.15, -0.1) is 0 Å². The van der Waals surface area contributed by atoms with Crippen LogP contribution in [-0.2, 0) is 4.74 Å². The Balaban J connectivity index is 1.58. The number of piperidine rings is 1. The zero-order valence-electron chi connectivity index (χ0n) is 18.9. The van der Waals surface area contributed by atoms with Crippen LogP contribution in [0.5, 0.6) is 0 Å². The Labute approximate surface area is 187 Å². The second-order valence-corrected chi connectivity index (χ2v) is 8.33. The lowest BCUT2D eigenvalue weighted by Crippen LogP contribution is -2.50. The van der Waals surface area contributed by atoms with Gasteiger partial charge in [-0.3, -0.25) is 0 Å². The summed E-state index contributed by atoms with van der Waals surface area (Å²) in [6.07, 6.45) is 5.82. The Morgan fingerprint density at radius 2 is 1.97 bits per heavy atom. The highest BCUT2D eigenvalue weighted by molar-refractivity contribution is 5.67. The van der Waals surface area contributed by atoms with Crippen molar-refractivity contribution in [1.82, 2.24) is 19.7 Å². The number of hydrogen-bond acceptors (Lipinski definition) is 5. The summed E-state index contributed by atoms with van der Waals surface area (Å²) in [5, 5.41) is 7.85. The summed E-state index contributed by atoms with van der Waals surface area (Å²) in [5.41, 5.74) is 3.73. The predicted octanol–water partition coefficient (Wildman–Crippen LogP) is 4.35. The number of pyridine rings is 1. The van der Waals surface area contributed by atoms with E-state index in [2.05, 4.69) is 27.2 Å². The summed E-state index contributed by atoms with van der Waals surface area (Å²) in [6.45, 7) is 8.51. The lowest BCUT2D eigenvalue weighted by atomic mass is 10.0. The van der Waals surface area contributed by atoms with E-state index in [1.165, 1.54) is 12.3 Å². The van der Waals surface area contributed by atoms with Gasteiger partial charge in [0.2, 0.25) is 5.95 Å². The largest absolute Gasteiger partial charge is 0.378 e. The van der Waals surface area contributed by atoms with Gasteiger partial charge in [0.25, 0.3) is 0 Å². The van der Waals surface area contributed by atoms with Crippen LogP contribution in [0.1, 0.15) is 24.5 Å². The van der Waals surface area contributed by atoms with E-state index in [4.69, 9.17) is 4.74 Å². The minimum Gasteiger partial charge on any atom is -0.378 e. The minimum atomic E-state index is -0.564. The third-order valence-electron chi connectivity index (χ3n) is 6.20. The average Bonchev–Trinajstić information content (AvgIpc) is 3.27. The van der Waals surface area contributed by atoms with Crippen molar-refractivity contribution in [2.45, 2.75) is 39.3 Å². The van der Waals surface area contributed by atoms with Gasteiger partial charge < -0.3 is 15.0 Å². The molecule has 8 heteroatoms. The number of anilines is 1. The van der Waals surface area contributed by atoms with Crippen molar-refractivity contribution in [1.29, 1.82) is 0 Å². The van der Waals surface area contributed by atoms with Gasteiger partial charge in [-0.25, -0.2) is 14.1 Å². The number of aromatic nitrogens is 3. The van der Waals surface area contributed by atoms with Crippen LogP contribution in [0.2, 0.25) is 0 Å². The molecule has 1 N–H and O–H groups in total. The normalized spacial score (nSPS) is 19.3. The molecular formula is C24H29F2N5O. The van der Waals surface area contributed by atoms with Crippen LogP contribution in [0.3, 0.4) is 0 Å². The van der Waals surface area contributed by atoms with Crippen molar-refractivity contribution in [3.63, 3.8) is 0 Å². The van der Waals surface area contributed by atoms with E-state index in [0.29, 0.717) is 16.7 Å². The quantitative estimate of drug-likeness (QED) is 0.577. The topological polar surface area (TPSA) is 55.2 Å². The smallest absolute Gasteiger partial charge is 0.220 e. The molecule has 0 amide bonds. The van der Waals surface area contributed by atoms with E-state index in [9.17, 15) is 8.78 Å².